The van der Waals surface area contributed by atoms with Crippen molar-refractivity contribution in [1.82, 2.24) is 14.5 Å². The first-order valence-corrected chi connectivity index (χ1v) is 11.7. The Balaban J connectivity index is 1.33. The number of aliphatic hydroxyl groups is 1. The first-order valence-electron chi connectivity index (χ1n) is 11.7. The third-order valence-corrected chi connectivity index (χ3v) is 6.34. The molecule has 5 rings (SSSR count). The molecule has 1 amide bonds. The predicted molar refractivity (Wildman–Crippen MR) is 132 cm³/mol. The number of imidazole rings is 1. The molecule has 2 unspecified atom stereocenters. The van der Waals surface area contributed by atoms with Gasteiger partial charge in [-0.15, -0.1) is 0 Å². The molecular formula is C28H29N3O3. The van der Waals surface area contributed by atoms with E-state index in [1.54, 1.807) is 0 Å². The molecule has 1 saturated heterocycles. The number of para-hydroxylation sites is 2. The van der Waals surface area contributed by atoms with Crippen LogP contribution in [0.25, 0.3) is 11.0 Å². The van der Waals surface area contributed by atoms with Crippen molar-refractivity contribution in [3.8, 4) is 5.75 Å². The minimum absolute atomic E-state index is 0.0196. The summed E-state index contributed by atoms with van der Waals surface area (Å²) in [6, 6.07) is 25.8. The average molecular weight is 456 g/mol. The van der Waals surface area contributed by atoms with Gasteiger partial charge in [-0.25, -0.2) is 4.98 Å². The summed E-state index contributed by atoms with van der Waals surface area (Å²) in [6.07, 6.45) is -0.290. The molecule has 6 heteroatoms. The maximum Gasteiger partial charge on any atom is 0.223 e. The highest BCUT2D eigenvalue weighted by Crippen LogP contribution is 2.31. The van der Waals surface area contributed by atoms with Crippen molar-refractivity contribution in [3.63, 3.8) is 0 Å². The van der Waals surface area contributed by atoms with Crippen molar-refractivity contribution < 1.29 is 14.6 Å². The zero-order valence-electron chi connectivity index (χ0n) is 19.3. The summed E-state index contributed by atoms with van der Waals surface area (Å²) in [5.41, 5.74) is 4.11. The molecule has 0 aliphatic carbocycles. The Bertz CT molecular complexity index is 1270. The van der Waals surface area contributed by atoms with Crippen molar-refractivity contribution in [3.05, 3.63) is 95.8 Å². The molecule has 1 N–H and O–H groups in total. The molecule has 0 bridgehead atoms. The van der Waals surface area contributed by atoms with Crippen LogP contribution in [0.2, 0.25) is 0 Å². The van der Waals surface area contributed by atoms with E-state index in [4.69, 9.17) is 9.72 Å². The first-order chi connectivity index (χ1) is 16.6. The van der Waals surface area contributed by atoms with Crippen LogP contribution in [0.15, 0.2) is 78.9 Å². The number of aryl methyl sites for hydroxylation is 1. The summed E-state index contributed by atoms with van der Waals surface area (Å²) in [7, 11) is 0. The van der Waals surface area contributed by atoms with Crippen LogP contribution < -0.4 is 4.74 Å². The average Bonchev–Trinajstić information content (AvgIpc) is 3.39. The number of rotatable bonds is 8. The van der Waals surface area contributed by atoms with E-state index >= 15 is 0 Å². The number of aromatic nitrogens is 2. The number of ether oxygens (including phenoxy) is 1. The monoisotopic (exact) mass is 455 g/mol. The van der Waals surface area contributed by atoms with E-state index in [1.807, 2.05) is 90.7 Å². The summed E-state index contributed by atoms with van der Waals surface area (Å²) >= 11 is 0. The van der Waals surface area contributed by atoms with E-state index in [-0.39, 0.29) is 18.4 Å². The van der Waals surface area contributed by atoms with Gasteiger partial charge in [0.25, 0.3) is 0 Å². The number of fused-ring (bicyclic) bond motifs is 1. The molecule has 0 spiro atoms. The molecule has 174 valence electrons. The van der Waals surface area contributed by atoms with Crippen LogP contribution in [-0.2, 0) is 17.9 Å². The third kappa shape index (κ3) is 4.82. The van der Waals surface area contributed by atoms with Crippen LogP contribution in [0.3, 0.4) is 0 Å². The molecule has 2 heterocycles. The Kier molecular flexibility index (Phi) is 6.32. The van der Waals surface area contributed by atoms with Crippen molar-refractivity contribution in [2.45, 2.75) is 38.5 Å². The Morgan fingerprint density at radius 2 is 1.76 bits per heavy atom. The van der Waals surface area contributed by atoms with Gasteiger partial charge in [0, 0.05) is 25.4 Å². The lowest BCUT2D eigenvalue weighted by Gasteiger charge is -2.19. The zero-order chi connectivity index (χ0) is 23.5. The predicted octanol–water partition coefficient (Wildman–Crippen LogP) is 4.30. The number of carbonyl (C=O) groups is 1. The standard InChI is InChI=1S/C28H29N3O3/c1-20-11-13-24(14-12-20)34-19-23(32)18-31-26-10-6-5-9-25(26)29-28(31)22-15-27(33)30(17-22)16-21-7-3-2-4-8-21/h2-14,22-23,32H,15-19H2,1H3. The fraction of sp³-hybridized carbons (Fsp3) is 0.286. The van der Waals surface area contributed by atoms with Crippen LogP contribution in [0.1, 0.15) is 29.3 Å². The maximum atomic E-state index is 12.8. The van der Waals surface area contributed by atoms with E-state index in [9.17, 15) is 9.90 Å². The molecular weight excluding hydrogens is 426 g/mol. The van der Waals surface area contributed by atoms with Crippen LogP contribution in [0.5, 0.6) is 5.75 Å². The lowest BCUT2D eigenvalue weighted by molar-refractivity contribution is -0.128. The Morgan fingerprint density at radius 1 is 1.03 bits per heavy atom. The van der Waals surface area contributed by atoms with Gasteiger partial charge in [0.15, 0.2) is 0 Å². The number of benzene rings is 3. The van der Waals surface area contributed by atoms with Gasteiger partial charge in [-0.05, 0) is 36.8 Å². The Hall–Kier alpha value is -3.64. The number of carbonyl (C=O) groups excluding carboxylic acids is 1. The number of hydrogen-bond acceptors (Lipinski definition) is 4. The fourth-order valence-electron chi connectivity index (χ4n) is 4.59. The van der Waals surface area contributed by atoms with Gasteiger partial charge in [0.05, 0.1) is 17.6 Å². The van der Waals surface area contributed by atoms with Gasteiger partial charge in [-0.3, -0.25) is 4.79 Å². The van der Waals surface area contributed by atoms with Crippen LogP contribution in [0.4, 0.5) is 0 Å². The lowest BCUT2D eigenvalue weighted by atomic mass is 10.1. The van der Waals surface area contributed by atoms with Crippen LogP contribution in [0, 0.1) is 6.92 Å². The molecule has 1 fully saturated rings. The molecule has 3 aromatic carbocycles. The SMILES string of the molecule is Cc1ccc(OCC(O)Cn2c(C3CC(=O)N(Cc4ccccc4)C3)nc3ccccc32)cc1. The number of likely N-dealkylation sites (tertiary alicyclic amines) is 1. The quantitative estimate of drug-likeness (QED) is 0.430. The van der Waals surface area contributed by atoms with Crippen molar-refractivity contribution >= 4 is 16.9 Å². The molecule has 4 aromatic rings. The molecule has 34 heavy (non-hydrogen) atoms. The molecule has 0 radical (unpaired) electrons. The highest BCUT2D eigenvalue weighted by Gasteiger charge is 2.34. The smallest absolute Gasteiger partial charge is 0.223 e. The van der Waals surface area contributed by atoms with E-state index in [0.717, 1.165) is 33.7 Å². The van der Waals surface area contributed by atoms with Crippen molar-refractivity contribution in [2.75, 3.05) is 13.2 Å². The molecule has 1 aromatic heterocycles. The van der Waals surface area contributed by atoms with Gasteiger partial charge in [-0.1, -0.05) is 60.2 Å². The fourth-order valence-corrected chi connectivity index (χ4v) is 4.59. The summed E-state index contributed by atoms with van der Waals surface area (Å²) < 4.78 is 7.86. The van der Waals surface area contributed by atoms with E-state index in [0.29, 0.717) is 26.1 Å². The second kappa shape index (κ2) is 9.69. The largest absolute Gasteiger partial charge is 0.491 e. The number of aliphatic hydroxyl groups excluding tert-OH is 1. The van der Waals surface area contributed by atoms with Crippen LogP contribution in [-0.4, -0.2) is 44.7 Å². The summed E-state index contributed by atoms with van der Waals surface area (Å²) in [5, 5.41) is 10.8. The van der Waals surface area contributed by atoms with E-state index < -0.39 is 6.10 Å². The summed E-state index contributed by atoms with van der Waals surface area (Å²) in [5.74, 6) is 1.70. The van der Waals surface area contributed by atoms with Gasteiger partial charge in [-0.2, -0.15) is 0 Å². The van der Waals surface area contributed by atoms with Gasteiger partial charge >= 0.3 is 0 Å². The van der Waals surface area contributed by atoms with E-state index in [1.165, 1.54) is 0 Å². The molecule has 6 nitrogen and oxygen atoms in total. The second-order valence-electron chi connectivity index (χ2n) is 9.01. The molecule has 2 atom stereocenters. The minimum atomic E-state index is -0.713. The van der Waals surface area contributed by atoms with Crippen molar-refractivity contribution in [2.24, 2.45) is 0 Å². The number of amides is 1. The zero-order valence-corrected chi connectivity index (χ0v) is 19.3. The normalized spacial score (nSPS) is 16.8. The number of nitrogens with zero attached hydrogens (tertiary/aromatic N) is 3. The van der Waals surface area contributed by atoms with Gasteiger partial charge in [0.1, 0.15) is 24.3 Å². The first kappa shape index (κ1) is 22.2. The minimum Gasteiger partial charge on any atom is -0.491 e. The van der Waals surface area contributed by atoms with Gasteiger partial charge in [0.2, 0.25) is 5.91 Å². The topological polar surface area (TPSA) is 67.6 Å². The number of hydrogen-bond donors (Lipinski definition) is 1. The third-order valence-electron chi connectivity index (χ3n) is 6.34. The summed E-state index contributed by atoms with van der Waals surface area (Å²) in [4.78, 5) is 19.6. The highest BCUT2D eigenvalue weighted by atomic mass is 16.5. The Morgan fingerprint density at radius 3 is 2.56 bits per heavy atom. The van der Waals surface area contributed by atoms with Crippen LogP contribution >= 0.6 is 0 Å². The molecule has 1 aliphatic heterocycles. The van der Waals surface area contributed by atoms with Crippen molar-refractivity contribution in [1.29, 1.82) is 0 Å². The molecule has 1 aliphatic rings. The lowest BCUT2D eigenvalue weighted by Crippen LogP contribution is -2.26. The maximum absolute atomic E-state index is 12.8. The Labute approximate surface area is 199 Å². The molecule has 0 saturated carbocycles. The highest BCUT2D eigenvalue weighted by molar-refractivity contribution is 5.81. The van der Waals surface area contributed by atoms with Gasteiger partial charge < -0.3 is 19.3 Å². The second-order valence-corrected chi connectivity index (χ2v) is 9.01. The van der Waals surface area contributed by atoms with E-state index in [2.05, 4.69) is 4.57 Å². The summed E-state index contributed by atoms with van der Waals surface area (Å²) in [6.45, 7) is 3.78.